The summed E-state index contributed by atoms with van der Waals surface area (Å²) in [6.07, 6.45) is 3.24. The first-order valence-corrected chi connectivity index (χ1v) is 8.89. The Labute approximate surface area is 172 Å². The molecule has 12 heteroatoms. The molecular formula is C19H13F3N8O. The van der Waals surface area contributed by atoms with E-state index in [1.165, 1.54) is 23.0 Å². The van der Waals surface area contributed by atoms with Crippen LogP contribution in [0.25, 0.3) is 28.1 Å². The van der Waals surface area contributed by atoms with Gasteiger partial charge in [-0.2, -0.15) is 23.5 Å². The van der Waals surface area contributed by atoms with Gasteiger partial charge in [0.05, 0.1) is 18.6 Å². The lowest BCUT2D eigenvalue weighted by molar-refractivity contribution is -0.138. The van der Waals surface area contributed by atoms with E-state index in [1.807, 2.05) is 0 Å². The minimum absolute atomic E-state index is 0.172. The molecule has 0 aliphatic rings. The molecule has 0 aromatic carbocycles. The van der Waals surface area contributed by atoms with Crippen LogP contribution in [0.1, 0.15) is 11.5 Å². The van der Waals surface area contributed by atoms with Crippen LogP contribution in [0.3, 0.4) is 0 Å². The Morgan fingerprint density at radius 2 is 2.06 bits per heavy atom. The van der Waals surface area contributed by atoms with Crippen LogP contribution in [-0.4, -0.2) is 48.3 Å². The average Bonchev–Trinajstić information content (AvgIpc) is 3.42. The number of aromatic amines is 1. The number of alkyl halides is 3. The number of hydrogen-bond acceptors (Lipinski definition) is 6. The third-order valence-corrected chi connectivity index (χ3v) is 4.41. The second-order valence-electron chi connectivity index (χ2n) is 6.48. The number of carbonyl (C=O) groups is 1. The van der Waals surface area contributed by atoms with Gasteiger partial charge in [0, 0.05) is 29.7 Å². The molecule has 9 nitrogen and oxygen atoms in total. The van der Waals surface area contributed by atoms with Crippen LogP contribution in [-0.2, 0) is 4.79 Å². The molecule has 0 saturated carbocycles. The molecule has 1 atom stereocenters. The van der Waals surface area contributed by atoms with E-state index in [2.05, 4.69) is 25.0 Å². The lowest BCUT2D eigenvalue weighted by Gasteiger charge is -2.12. The maximum absolute atomic E-state index is 12.3. The summed E-state index contributed by atoms with van der Waals surface area (Å²) in [6, 6.07) is 6.47. The second-order valence-corrected chi connectivity index (χ2v) is 6.48. The molecule has 0 saturated heterocycles. The number of pyridine rings is 2. The van der Waals surface area contributed by atoms with Crippen LogP contribution >= 0.6 is 0 Å². The van der Waals surface area contributed by atoms with Gasteiger partial charge in [-0.25, -0.2) is 19.6 Å². The number of H-pyrrole nitrogens is 1. The lowest BCUT2D eigenvalue weighted by atomic mass is 10.0. The van der Waals surface area contributed by atoms with Crippen LogP contribution in [0.4, 0.5) is 13.2 Å². The fourth-order valence-corrected chi connectivity index (χ4v) is 2.95. The summed E-state index contributed by atoms with van der Waals surface area (Å²) >= 11 is 0. The van der Waals surface area contributed by atoms with Crippen molar-refractivity contribution < 1.29 is 18.0 Å². The van der Waals surface area contributed by atoms with Gasteiger partial charge >= 0.3 is 6.18 Å². The van der Waals surface area contributed by atoms with Gasteiger partial charge in [0.2, 0.25) is 5.91 Å². The summed E-state index contributed by atoms with van der Waals surface area (Å²) in [5, 5.41) is 15.2. The Morgan fingerprint density at radius 3 is 2.77 bits per heavy atom. The number of carbonyl (C=O) groups excluding carboxylic acids is 1. The van der Waals surface area contributed by atoms with Crippen LogP contribution in [0.2, 0.25) is 0 Å². The molecule has 4 rings (SSSR count). The molecule has 2 N–H and O–H groups in total. The molecule has 0 spiro atoms. The summed E-state index contributed by atoms with van der Waals surface area (Å²) in [5.41, 5.74) is 3.09. The van der Waals surface area contributed by atoms with Gasteiger partial charge in [-0.1, -0.05) is 6.07 Å². The molecule has 0 aliphatic carbocycles. The zero-order valence-electron chi connectivity index (χ0n) is 15.6. The fraction of sp³-hybridized carbons (Fsp3) is 0.158. The lowest BCUT2D eigenvalue weighted by Crippen LogP contribution is -2.36. The van der Waals surface area contributed by atoms with Gasteiger partial charge in [-0.15, -0.1) is 0 Å². The van der Waals surface area contributed by atoms with Crippen LogP contribution in [0.5, 0.6) is 0 Å². The largest absolute Gasteiger partial charge is 0.405 e. The molecule has 0 fully saturated rings. The van der Waals surface area contributed by atoms with E-state index in [1.54, 1.807) is 42.4 Å². The number of nitriles is 1. The van der Waals surface area contributed by atoms with Gasteiger partial charge in [0.15, 0.2) is 17.4 Å². The minimum atomic E-state index is -4.56. The van der Waals surface area contributed by atoms with Gasteiger partial charge in [0.25, 0.3) is 0 Å². The van der Waals surface area contributed by atoms with Crippen molar-refractivity contribution in [1.82, 2.24) is 35.0 Å². The van der Waals surface area contributed by atoms with Crippen molar-refractivity contribution in [2.75, 3.05) is 6.54 Å². The van der Waals surface area contributed by atoms with Crippen molar-refractivity contribution in [3.8, 4) is 23.0 Å². The van der Waals surface area contributed by atoms with E-state index in [0.29, 0.717) is 17.0 Å². The van der Waals surface area contributed by atoms with Crippen molar-refractivity contribution >= 4 is 17.1 Å². The maximum Gasteiger partial charge on any atom is 0.405 e. The number of fused-ring (bicyclic) bond motifs is 1. The average molecular weight is 426 g/mol. The quantitative estimate of drug-likeness (QED) is 0.505. The predicted octanol–water partition coefficient (Wildman–Crippen LogP) is 2.49. The van der Waals surface area contributed by atoms with Crippen molar-refractivity contribution in [2.24, 2.45) is 0 Å². The highest BCUT2D eigenvalue weighted by Crippen LogP contribution is 2.25. The molecule has 0 aliphatic heterocycles. The number of imidazole rings is 1. The molecule has 156 valence electrons. The number of amides is 1. The van der Waals surface area contributed by atoms with Gasteiger partial charge in [-0.3, -0.25) is 4.79 Å². The SMILES string of the molecule is N#CC(C(=O)NCC(F)(F)F)c1ccc(-n2cc(-c3ccnc4[nH]cnc34)cn2)nc1. The maximum atomic E-state index is 12.3. The van der Waals surface area contributed by atoms with Gasteiger partial charge in [0.1, 0.15) is 12.1 Å². The van der Waals surface area contributed by atoms with Crippen LogP contribution in [0, 0.1) is 11.3 Å². The number of nitrogens with zero attached hydrogens (tertiary/aromatic N) is 6. The van der Waals surface area contributed by atoms with Crippen molar-refractivity contribution in [1.29, 1.82) is 5.26 Å². The standard InChI is InChI=1S/C19H13F3N8O/c20-19(21,22)9-26-18(31)14(5-23)11-1-2-15(25-6-11)30-8-12(7-29-30)13-3-4-24-17-16(13)27-10-28-17/h1-4,6-8,10,14H,9H2,(H,26,31)(H,24,27,28). The van der Waals surface area contributed by atoms with Crippen molar-refractivity contribution in [2.45, 2.75) is 12.1 Å². The normalized spacial score (nSPS) is 12.5. The molecule has 31 heavy (non-hydrogen) atoms. The highest BCUT2D eigenvalue weighted by atomic mass is 19.4. The highest BCUT2D eigenvalue weighted by Gasteiger charge is 2.30. The molecule has 1 amide bonds. The molecule has 0 radical (unpaired) electrons. The van der Waals surface area contributed by atoms with E-state index in [9.17, 15) is 23.2 Å². The van der Waals surface area contributed by atoms with E-state index in [0.717, 1.165) is 11.1 Å². The first kappa shape index (κ1) is 20.0. The Morgan fingerprint density at radius 1 is 1.23 bits per heavy atom. The Bertz CT molecular complexity index is 1270. The third kappa shape index (κ3) is 4.20. The third-order valence-electron chi connectivity index (χ3n) is 4.41. The van der Waals surface area contributed by atoms with E-state index >= 15 is 0 Å². The number of rotatable bonds is 5. The highest BCUT2D eigenvalue weighted by molar-refractivity contribution is 5.89. The Kier molecular flexibility index (Phi) is 5.08. The van der Waals surface area contributed by atoms with Gasteiger partial charge in [-0.05, 0) is 17.7 Å². The van der Waals surface area contributed by atoms with E-state index in [4.69, 9.17) is 0 Å². The van der Waals surface area contributed by atoms with Crippen molar-refractivity contribution in [3.05, 3.63) is 54.9 Å². The van der Waals surface area contributed by atoms with Gasteiger partial charge < -0.3 is 10.3 Å². The summed E-state index contributed by atoms with van der Waals surface area (Å²) < 4.78 is 38.4. The van der Waals surface area contributed by atoms with Crippen molar-refractivity contribution in [3.63, 3.8) is 0 Å². The first-order valence-electron chi connectivity index (χ1n) is 8.89. The molecule has 0 bridgehead atoms. The zero-order chi connectivity index (χ0) is 22.0. The first-order chi connectivity index (χ1) is 14.9. The van der Waals surface area contributed by atoms with E-state index in [-0.39, 0.29) is 5.56 Å². The Balaban J connectivity index is 1.54. The van der Waals surface area contributed by atoms with Crippen LogP contribution < -0.4 is 5.32 Å². The number of aromatic nitrogens is 6. The molecule has 4 aromatic heterocycles. The van der Waals surface area contributed by atoms with Crippen LogP contribution in [0.15, 0.2) is 49.3 Å². The molecule has 1 unspecified atom stereocenters. The smallest absolute Gasteiger partial charge is 0.346 e. The number of nitrogens with one attached hydrogen (secondary N) is 2. The zero-order valence-corrected chi connectivity index (χ0v) is 15.6. The monoisotopic (exact) mass is 426 g/mol. The topological polar surface area (TPSA) is 125 Å². The number of halogens is 3. The summed E-state index contributed by atoms with van der Waals surface area (Å²) in [4.78, 5) is 27.5. The molecule has 4 aromatic rings. The minimum Gasteiger partial charge on any atom is -0.346 e. The fourth-order valence-electron chi connectivity index (χ4n) is 2.95. The predicted molar refractivity (Wildman–Crippen MR) is 102 cm³/mol. The summed E-state index contributed by atoms with van der Waals surface area (Å²) in [7, 11) is 0. The molecule has 4 heterocycles. The van der Waals surface area contributed by atoms with E-state index < -0.39 is 24.5 Å². The number of hydrogen-bond donors (Lipinski definition) is 2. The summed E-state index contributed by atoms with van der Waals surface area (Å²) in [5.74, 6) is -2.06. The summed E-state index contributed by atoms with van der Waals surface area (Å²) in [6.45, 7) is -1.51. The second kappa shape index (κ2) is 7.86. The Hall–Kier alpha value is -4.27. The molecular weight excluding hydrogens is 413 g/mol.